The van der Waals surface area contributed by atoms with Crippen LogP contribution in [0.1, 0.15) is 30.6 Å². The van der Waals surface area contributed by atoms with Crippen molar-refractivity contribution in [3.63, 3.8) is 0 Å². The van der Waals surface area contributed by atoms with Gasteiger partial charge in [0.1, 0.15) is 0 Å². The van der Waals surface area contributed by atoms with Gasteiger partial charge in [0, 0.05) is 13.5 Å². The zero-order chi connectivity index (χ0) is 13.1. The summed E-state index contributed by atoms with van der Waals surface area (Å²) in [4.78, 5) is 0. The molecule has 0 saturated carbocycles. The van der Waals surface area contributed by atoms with Crippen molar-refractivity contribution >= 4 is 0 Å². The SMILES string of the molecule is COC(C)CC(O)c1ccc(C(F)(F)F)cc1. The van der Waals surface area contributed by atoms with E-state index in [1.165, 1.54) is 19.2 Å². The molecule has 0 radical (unpaired) electrons. The molecule has 1 rings (SSSR count). The summed E-state index contributed by atoms with van der Waals surface area (Å²) in [6, 6.07) is 4.51. The third-order valence-electron chi connectivity index (χ3n) is 2.58. The molecule has 0 amide bonds. The van der Waals surface area contributed by atoms with Crippen molar-refractivity contribution in [2.24, 2.45) is 0 Å². The lowest BCUT2D eigenvalue weighted by Gasteiger charge is -2.16. The number of rotatable bonds is 4. The van der Waals surface area contributed by atoms with Crippen LogP contribution in [0.5, 0.6) is 0 Å². The highest BCUT2D eigenvalue weighted by Crippen LogP contribution is 2.30. The average molecular weight is 248 g/mol. The number of alkyl halides is 3. The zero-order valence-corrected chi connectivity index (χ0v) is 9.66. The van der Waals surface area contributed by atoms with Crippen LogP contribution >= 0.6 is 0 Å². The predicted molar refractivity (Wildman–Crippen MR) is 57.5 cm³/mol. The molecular formula is C12H15F3O2. The van der Waals surface area contributed by atoms with Gasteiger partial charge in [-0.05, 0) is 24.6 Å². The van der Waals surface area contributed by atoms with E-state index in [4.69, 9.17) is 4.74 Å². The van der Waals surface area contributed by atoms with Crippen LogP contribution in [0, 0.1) is 0 Å². The maximum absolute atomic E-state index is 12.3. The van der Waals surface area contributed by atoms with Crippen molar-refractivity contribution in [3.8, 4) is 0 Å². The van der Waals surface area contributed by atoms with Crippen LogP contribution in [0.2, 0.25) is 0 Å². The molecule has 2 atom stereocenters. The predicted octanol–water partition coefficient (Wildman–Crippen LogP) is 3.16. The lowest BCUT2D eigenvalue weighted by atomic mass is 10.0. The van der Waals surface area contributed by atoms with Gasteiger partial charge in [0.25, 0.3) is 0 Å². The quantitative estimate of drug-likeness (QED) is 0.886. The molecule has 0 aliphatic heterocycles. The first-order valence-electron chi connectivity index (χ1n) is 5.22. The number of ether oxygens (including phenoxy) is 1. The number of hydrogen-bond acceptors (Lipinski definition) is 2. The van der Waals surface area contributed by atoms with Gasteiger partial charge in [0.15, 0.2) is 0 Å². The van der Waals surface area contributed by atoms with Crippen LogP contribution in [-0.4, -0.2) is 18.3 Å². The molecule has 0 spiro atoms. The standard InChI is InChI=1S/C12H15F3O2/c1-8(17-2)7-11(16)9-3-5-10(6-4-9)12(13,14)15/h3-6,8,11,16H,7H2,1-2H3. The molecule has 0 saturated heterocycles. The van der Waals surface area contributed by atoms with E-state index >= 15 is 0 Å². The topological polar surface area (TPSA) is 29.5 Å². The van der Waals surface area contributed by atoms with Gasteiger partial charge in [-0.25, -0.2) is 0 Å². The van der Waals surface area contributed by atoms with E-state index in [-0.39, 0.29) is 6.10 Å². The minimum absolute atomic E-state index is 0.146. The van der Waals surface area contributed by atoms with E-state index in [1.807, 2.05) is 0 Å². The van der Waals surface area contributed by atoms with E-state index in [2.05, 4.69) is 0 Å². The van der Waals surface area contributed by atoms with Gasteiger partial charge in [-0.1, -0.05) is 12.1 Å². The fourth-order valence-corrected chi connectivity index (χ4v) is 1.44. The van der Waals surface area contributed by atoms with Crippen molar-refractivity contribution in [2.45, 2.75) is 31.7 Å². The van der Waals surface area contributed by atoms with Crippen LogP contribution in [-0.2, 0) is 10.9 Å². The summed E-state index contributed by atoms with van der Waals surface area (Å²) >= 11 is 0. The van der Waals surface area contributed by atoms with Gasteiger partial charge in [-0.2, -0.15) is 13.2 Å². The second-order valence-corrected chi connectivity index (χ2v) is 3.92. The lowest BCUT2D eigenvalue weighted by Crippen LogP contribution is -2.11. The smallest absolute Gasteiger partial charge is 0.388 e. The molecule has 1 aromatic rings. The highest BCUT2D eigenvalue weighted by Gasteiger charge is 2.30. The highest BCUT2D eigenvalue weighted by molar-refractivity contribution is 5.26. The Hall–Kier alpha value is -1.07. The normalized spacial score (nSPS) is 15.6. The summed E-state index contributed by atoms with van der Waals surface area (Å²) in [5.41, 5.74) is -0.255. The second-order valence-electron chi connectivity index (χ2n) is 3.92. The largest absolute Gasteiger partial charge is 0.416 e. The minimum Gasteiger partial charge on any atom is -0.388 e. The first-order chi connectivity index (χ1) is 7.84. The lowest BCUT2D eigenvalue weighted by molar-refractivity contribution is -0.137. The van der Waals surface area contributed by atoms with E-state index < -0.39 is 17.8 Å². The Morgan fingerprint density at radius 2 is 1.76 bits per heavy atom. The summed E-state index contributed by atoms with van der Waals surface area (Å²) in [5, 5.41) is 9.75. The first-order valence-corrected chi connectivity index (χ1v) is 5.22. The second kappa shape index (κ2) is 5.51. The molecule has 5 heteroatoms. The summed E-state index contributed by atoms with van der Waals surface area (Å²) in [5.74, 6) is 0. The van der Waals surface area contributed by atoms with Crippen LogP contribution in [0.15, 0.2) is 24.3 Å². The maximum Gasteiger partial charge on any atom is 0.416 e. The third-order valence-corrected chi connectivity index (χ3v) is 2.58. The van der Waals surface area contributed by atoms with Crippen LogP contribution < -0.4 is 0 Å². The van der Waals surface area contributed by atoms with Gasteiger partial charge in [-0.3, -0.25) is 0 Å². The number of aliphatic hydroxyl groups excluding tert-OH is 1. The monoisotopic (exact) mass is 248 g/mol. The van der Waals surface area contributed by atoms with Crippen LogP contribution in [0.25, 0.3) is 0 Å². The molecule has 0 bridgehead atoms. The molecular weight excluding hydrogens is 233 g/mol. The van der Waals surface area contributed by atoms with Crippen LogP contribution in [0.3, 0.4) is 0 Å². The summed E-state index contributed by atoms with van der Waals surface area (Å²) < 4.78 is 41.9. The van der Waals surface area contributed by atoms with E-state index in [0.29, 0.717) is 12.0 Å². The Labute approximate surface area is 98.0 Å². The fraction of sp³-hybridized carbons (Fsp3) is 0.500. The molecule has 0 aliphatic carbocycles. The summed E-state index contributed by atoms with van der Waals surface area (Å²) in [6.07, 6.45) is -4.95. The molecule has 0 fully saturated rings. The average Bonchev–Trinajstić information content (AvgIpc) is 2.27. The van der Waals surface area contributed by atoms with Crippen LogP contribution in [0.4, 0.5) is 13.2 Å². The Morgan fingerprint density at radius 3 is 2.18 bits per heavy atom. The first kappa shape index (κ1) is 14.0. The number of benzene rings is 1. The number of methoxy groups -OCH3 is 1. The zero-order valence-electron chi connectivity index (χ0n) is 9.66. The molecule has 1 N–H and O–H groups in total. The molecule has 2 nitrogen and oxygen atoms in total. The molecule has 17 heavy (non-hydrogen) atoms. The van der Waals surface area contributed by atoms with E-state index in [9.17, 15) is 18.3 Å². The summed E-state index contributed by atoms with van der Waals surface area (Å²) in [6.45, 7) is 1.79. The highest BCUT2D eigenvalue weighted by atomic mass is 19.4. The van der Waals surface area contributed by atoms with Crippen molar-refractivity contribution in [2.75, 3.05) is 7.11 Å². The number of halogens is 3. The molecule has 0 aromatic heterocycles. The Balaban J connectivity index is 2.74. The van der Waals surface area contributed by atoms with Gasteiger partial charge >= 0.3 is 6.18 Å². The van der Waals surface area contributed by atoms with Gasteiger partial charge in [0.2, 0.25) is 0 Å². The molecule has 1 aromatic carbocycles. The Kier molecular flexibility index (Phi) is 4.54. The van der Waals surface area contributed by atoms with Gasteiger partial charge in [0.05, 0.1) is 17.8 Å². The van der Waals surface area contributed by atoms with E-state index in [1.54, 1.807) is 6.92 Å². The fourth-order valence-electron chi connectivity index (χ4n) is 1.44. The van der Waals surface area contributed by atoms with Crippen molar-refractivity contribution in [1.29, 1.82) is 0 Å². The molecule has 2 unspecified atom stereocenters. The van der Waals surface area contributed by atoms with Gasteiger partial charge < -0.3 is 9.84 Å². The van der Waals surface area contributed by atoms with E-state index in [0.717, 1.165) is 12.1 Å². The third kappa shape index (κ3) is 4.02. The summed E-state index contributed by atoms with van der Waals surface area (Å²) in [7, 11) is 1.52. The Bertz CT molecular complexity index is 346. The molecule has 0 heterocycles. The van der Waals surface area contributed by atoms with Crippen molar-refractivity contribution in [1.82, 2.24) is 0 Å². The number of hydrogen-bond donors (Lipinski definition) is 1. The molecule has 0 aliphatic rings. The van der Waals surface area contributed by atoms with Crippen molar-refractivity contribution < 1.29 is 23.0 Å². The molecule has 96 valence electrons. The Morgan fingerprint density at radius 1 is 1.24 bits per heavy atom. The van der Waals surface area contributed by atoms with Gasteiger partial charge in [-0.15, -0.1) is 0 Å². The maximum atomic E-state index is 12.3. The minimum atomic E-state index is -4.34. The van der Waals surface area contributed by atoms with Crippen molar-refractivity contribution in [3.05, 3.63) is 35.4 Å². The number of aliphatic hydroxyl groups is 1.